The SMILES string of the molecule is CCC(N)Cc1nc(C)ccc1OC1CCOCC1. The van der Waals surface area contributed by atoms with Gasteiger partial charge >= 0.3 is 0 Å². The summed E-state index contributed by atoms with van der Waals surface area (Å²) < 4.78 is 11.4. The van der Waals surface area contributed by atoms with Crippen LogP contribution in [-0.2, 0) is 11.2 Å². The summed E-state index contributed by atoms with van der Waals surface area (Å²) in [6, 6.07) is 4.16. The van der Waals surface area contributed by atoms with Crippen molar-refractivity contribution >= 4 is 0 Å². The monoisotopic (exact) mass is 264 g/mol. The molecule has 1 unspecified atom stereocenters. The van der Waals surface area contributed by atoms with Crippen LogP contribution in [0.4, 0.5) is 0 Å². The van der Waals surface area contributed by atoms with Crippen molar-refractivity contribution in [3.05, 3.63) is 23.5 Å². The van der Waals surface area contributed by atoms with Crippen LogP contribution in [0.3, 0.4) is 0 Å². The lowest BCUT2D eigenvalue weighted by atomic mass is 10.1. The number of rotatable bonds is 5. The van der Waals surface area contributed by atoms with Gasteiger partial charge in [0, 0.05) is 31.0 Å². The Morgan fingerprint density at radius 2 is 2.16 bits per heavy atom. The van der Waals surface area contributed by atoms with Gasteiger partial charge in [0.15, 0.2) is 0 Å². The normalized spacial score (nSPS) is 18.3. The highest BCUT2D eigenvalue weighted by Crippen LogP contribution is 2.23. The zero-order valence-corrected chi connectivity index (χ0v) is 11.9. The zero-order valence-electron chi connectivity index (χ0n) is 11.9. The first-order valence-electron chi connectivity index (χ1n) is 7.15. The molecule has 1 aliphatic heterocycles. The smallest absolute Gasteiger partial charge is 0.141 e. The summed E-state index contributed by atoms with van der Waals surface area (Å²) in [6.45, 7) is 5.67. The number of nitrogens with zero attached hydrogens (tertiary/aromatic N) is 1. The van der Waals surface area contributed by atoms with Crippen molar-refractivity contribution in [2.45, 2.75) is 51.7 Å². The third-order valence-electron chi connectivity index (χ3n) is 3.51. The first-order valence-corrected chi connectivity index (χ1v) is 7.15. The number of hydrogen-bond acceptors (Lipinski definition) is 4. The quantitative estimate of drug-likeness (QED) is 0.886. The summed E-state index contributed by atoms with van der Waals surface area (Å²) >= 11 is 0. The molecule has 0 radical (unpaired) electrons. The molecule has 0 aliphatic carbocycles. The molecule has 1 aliphatic rings. The van der Waals surface area contributed by atoms with E-state index in [1.54, 1.807) is 0 Å². The molecule has 4 nitrogen and oxygen atoms in total. The van der Waals surface area contributed by atoms with Crippen molar-refractivity contribution < 1.29 is 9.47 Å². The Balaban J connectivity index is 2.09. The number of aromatic nitrogens is 1. The van der Waals surface area contributed by atoms with Gasteiger partial charge < -0.3 is 15.2 Å². The highest BCUT2D eigenvalue weighted by Gasteiger charge is 2.18. The van der Waals surface area contributed by atoms with Crippen LogP contribution < -0.4 is 10.5 Å². The van der Waals surface area contributed by atoms with E-state index < -0.39 is 0 Å². The van der Waals surface area contributed by atoms with Crippen LogP contribution in [0.15, 0.2) is 12.1 Å². The van der Waals surface area contributed by atoms with Gasteiger partial charge in [-0.3, -0.25) is 4.98 Å². The van der Waals surface area contributed by atoms with Gasteiger partial charge in [-0.1, -0.05) is 6.92 Å². The van der Waals surface area contributed by atoms with Crippen LogP contribution in [0.2, 0.25) is 0 Å². The summed E-state index contributed by atoms with van der Waals surface area (Å²) in [4.78, 5) is 4.59. The largest absolute Gasteiger partial charge is 0.488 e. The molecule has 0 spiro atoms. The van der Waals surface area contributed by atoms with Crippen LogP contribution in [0, 0.1) is 6.92 Å². The second kappa shape index (κ2) is 6.87. The highest BCUT2D eigenvalue weighted by molar-refractivity contribution is 5.30. The fraction of sp³-hybridized carbons (Fsp3) is 0.667. The third-order valence-corrected chi connectivity index (χ3v) is 3.51. The molecule has 19 heavy (non-hydrogen) atoms. The minimum absolute atomic E-state index is 0.145. The van der Waals surface area contributed by atoms with Crippen molar-refractivity contribution in [1.82, 2.24) is 4.98 Å². The Morgan fingerprint density at radius 3 is 2.84 bits per heavy atom. The van der Waals surface area contributed by atoms with Gasteiger partial charge in [-0.05, 0) is 25.5 Å². The Labute approximate surface area is 115 Å². The lowest BCUT2D eigenvalue weighted by molar-refractivity contribution is 0.0249. The van der Waals surface area contributed by atoms with E-state index in [1.807, 2.05) is 19.1 Å². The molecule has 1 saturated heterocycles. The van der Waals surface area contributed by atoms with Gasteiger partial charge in [0.25, 0.3) is 0 Å². The standard InChI is InChI=1S/C15H24N2O2/c1-3-12(16)10-14-15(5-4-11(2)17-14)19-13-6-8-18-9-7-13/h4-5,12-13H,3,6-10,16H2,1-2H3. The number of hydrogen-bond donors (Lipinski definition) is 1. The lowest BCUT2D eigenvalue weighted by Crippen LogP contribution is -2.27. The molecule has 0 saturated carbocycles. The maximum atomic E-state index is 6.09. The molecule has 1 aromatic heterocycles. The van der Waals surface area contributed by atoms with Gasteiger partial charge in [0.2, 0.25) is 0 Å². The lowest BCUT2D eigenvalue weighted by Gasteiger charge is -2.24. The van der Waals surface area contributed by atoms with Gasteiger partial charge in [-0.2, -0.15) is 0 Å². The third kappa shape index (κ3) is 4.18. The number of aryl methyl sites for hydroxylation is 1. The maximum Gasteiger partial charge on any atom is 0.141 e. The molecule has 2 heterocycles. The van der Waals surface area contributed by atoms with Gasteiger partial charge in [-0.25, -0.2) is 0 Å². The minimum atomic E-state index is 0.145. The zero-order chi connectivity index (χ0) is 13.7. The van der Waals surface area contributed by atoms with Crippen LogP contribution in [0.25, 0.3) is 0 Å². The maximum absolute atomic E-state index is 6.09. The van der Waals surface area contributed by atoms with Crippen molar-refractivity contribution in [3.63, 3.8) is 0 Å². The fourth-order valence-corrected chi connectivity index (χ4v) is 2.22. The Hall–Kier alpha value is -1.13. The summed E-state index contributed by atoms with van der Waals surface area (Å²) in [7, 11) is 0. The minimum Gasteiger partial charge on any atom is -0.488 e. The molecule has 106 valence electrons. The van der Waals surface area contributed by atoms with Crippen LogP contribution >= 0.6 is 0 Å². The molecule has 1 aromatic rings. The highest BCUT2D eigenvalue weighted by atomic mass is 16.5. The molecule has 0 amide bonds. The van der Waals surface area contributed by atoms with Gasteiger partial charge in [-0.15, -0.1) is 0 Å². The summed E-state index contributed by atoms with van der Waals surface area (Å²) in [5.74, 6) is 0.890. The number of nitrogens with two attached hydrogens (primary N) is 1. The topological polar surface area (TPSA) is 57.4 Å². The second-order valence-electron chi connectivity index (χ2n) is 5.20. The first kappa shape index (κ1) is 14.3. The summed E-state index contributed by atoms with van der Waals surface area (Å²) in [5, 5.41) is 0. The first-order chi connectivity index (χ1) is 9.19. The molecular weight excluding hydrogens is 240 g/mol. The number of ether oxygens (including phenoxy) is 2. The van der Waals surface area contributed by atoms with Crippen LogP contribution in [0.1, 0.15) is 37.6 Å². The molecule has 1 atom stereocenters. The fourth-order valence-electron chi connectivity index (χ4n) is 2.22. The van der Waals surface area contributed by atoms with Crippen molar-refractivity contribution in [2.24, 2.45) is 5.73 Å². The van der Waals surface area contributed by atoms with E-state index in [0.717, 1.165) is 56.0 Å². The van der Waals surface area contributed by atoms with E-state index in [2.05, 4.69) is 11.9 Å². The van der Waals surface area contributed by atoms with E-state index in [4.69, 9.17) is 15.2 Å². The molecule has 1 fully saturated rings. The Morgan fingerprint density at radius 1 is 1.42 bits per heavy atom. The summed E-state index contributed by atoms with van der Waals surface area (Å²) in [5.41, 5.74) is 8.04. The summed E-state index contributed by atoms with van der Waals surface area (Å²) in [6.07, 6.45) is 3.87. The van der Waals surface area contributed by atoms with E-state index in [9.17, 15) is 0 Å². The molecule has 2 rings (SSSR count). The van der Waals surface area contributed by atoms with E-state index >= 15 is 0 Å². The molecule has 2 N–H and O–H groups in total. The van der Waals surface area contributed by atoms with Crippen LogP contribution in [0.5, 0.6) is 5.75 Å². The second-order valence-corrected chi connectivity index (χ2v) is 5.20. The average Bonchev–Trinajstić information content (AvgIpc) is 2.43. The van der Waals surface area contributed by atoms with E-state index in [0.29, 0.717) is 0 Å². The molecule has 0 bridgehead atoms. The Bertz CT molecular complexity index is 403. The van der Waals surface area contributed by atoms with Crippen molar-refractivity contribution in [1.29, 1.82) is 0 Å². The van der Waals surface area contributed by atoms with E-state index in [1.165, 1.54) is 0 Å². The van der Waals surface area contributed by atoms with Crippen molar-refractivity contribution in [3.8, 4) is 5.75 Å². The van der Waals surface area contributed by atoms with Crippen molar-refractivity contribution in [2.75, 3.05) is 13.2 Å². The average molecular weight is 264 g/mol. The predicted octanol–water partition coefficient (Wildman–Crippen LogP) is 2.23. The molecular formula is C15H24N2O2. The predicted molar refractivity (Wildman–Crippen MR) is 75.4 cm³/mol. The van der Waals surface area contributed by atoms with Gasteiger partial charge in [0.05, 0.1) is 18.9 Å². The molecule has 4 heteroatoms. The number of pyridine rings is 1. The van der Waals surface area contributed by atoms with E-state index in [-0.39, 0.29) is 12.1 Å². The molecule has 0 aromatic carbocycles. The van der Waals surface area contributed by atoms with Crippen LogP contribution in [-0.4, -0.2) is 30.3 Å². The van der Waals surface area contributed by atoms with Gasteiger partial charge in [0.1, 0.15) is 11.9 Å². The Kier molecular flexibility index (Phi) is 5.16.